The molecule has 2 heterocycles. The molecular formula is C31H20BrNO2. The molecule has 0 N–H and O–H groups in total. The molecule has 0 spiro atoms. The number of fused-ring (bicyclic) bond motifs is 1. The molecular weight excluding hydrogens is 498 g/mol. The maximum atomic E-state index is 13.8. The van der Waals surface area contributed by atoms with Crippen LogP contribution in [0, 0.1) is 0 Å². The fourth-order valence-corrected chi connectivity index (χ4v) is 4.70. The van der Waals surface area contributed by atoms with Crippen molar-refractivity contribution in [3.05, 3.63) is 137 Å². The van der Waals surface area contributed by atoms with Gasteiger partial charge in [0.25, 0.3) is 5.91 Å². The van der Waals surface area contributed by atoms with Crippen LogP contribution < -0.4 is 4.90 Å². The minimum absolute atomic E-state index is 0.0817. The van der Waals surface area contributed by atoms with E-state index in [1.54, 1.807) is 0 Å². The van der Waals surface area contributed by atoms with E-state index in [2.05, 4.69) is 34.1 Å². The van der Waals surface area contributed by atoms with Gasteiger partial charge in [-0.15, -0.1) is 0 Å². The first-order valence-electron chi connectivity index (χ1n) is 11.3. The number of carbonyl (C=O) groups excluding carboxylic acids is 1. The number of halogens is 1. The summed E-state index contributed by atoms with van der Waals surface area (Å²) in [6.45, 7) is 0. The van der Waals surface area contributed by atoms with Gasteiger partial charge in [-0.05, 0) is 53.4 Å². The molecule has 168 valence electrons. The zero-order valence-corrected chi connectivity index (χ0v) is 20.3. The Balaban J connectivity index is 1.44. The Morgan fingerprint density at radius 1 is 0.714 bits per heavy atom. The van der Waals surface area contributed by atoms with Gasteiger partial charge >= 0.3 is 0 Å². The second kappa shape index (κ2) is 8.90. The number of benzene rings is 4. The summed E-state index contributed by atoms with van der Waals surface area (Å²) in [5, 5.41) is 2.12. The van der Waals surface area contributed by atoms with Crippen LogP contribution in [0.25, 0.3) is 33.9 Å². The van der Waals surface area contributed by atoms with Gasteiger partial charge in [0.15, 0.2) is 0 Å². The van der Waals surface area contributed by atoms with Crippen LogP contribution in [0.3, 0.4) is 0 Å². The molecule has 0 unspecified atom stereocenters. The van der Waals surface area contributed by atoms with Crippen molar-refractivity contribution in [2.45, 2.75) is 0 Å². The fourth-order valence-electron chi connectivity index (χ4n) is 4.43. The fraction of sp³-hybridized carbons (Fsp3) is 0. The highest BCUT2D eigenvalue weighted by atomic mass is 79.9. The standard InChI is InChI=1S/C31H20BrNO2/c32-25-15-13-23(14-16-25)30-18-17-26(35-30)19-24-20-29(22-8-2-1-3-9-22)33(31(24)34)28-12-6-10-21-7-4-5-11-27(21)28/h1-20H/b24-19+. The second-order valence-corrected chi connectivity index (χ2v) is 9.26. The van der Waals surface area contributed by atoms with Crippen molar-refractivity contribution < 1.29 is 9.21 Å². The zero-order chi connectivity index (χ0) is 23.8. The Kier molecular flexibility index (Phi) is 5.44. The third-order valence-electron chi connectivity index (χ3n) is 6.11. The normalized spacial score (nSPS) is 14.7. The molecule has 1 aliphatic rings. The Morgan fingerprint density at radius 2 is 1.46 bits per heavy atom. The van der Waals surface area contributed by atoms with Crippen LogP contribution in [0.2, 0.25) is 0 Å². The molecule has 0 bridgehead atoms. The van der Waals surface area contributed by atoms with Crippen molar-refractivity contribution in [1.82, 2.24) is 0 Å². The van der Waals surface area contributed by atoms with Crippen LogP contribution in [-0.2, 0) is 4.79 Å². The molecule has 1 amide bonds. The first kappa shape index (κ1) is 21.4. The lowest BCUT2D eigenvalue weighted by molar-refractivity contribution is -0.113. The summed E-state index contributed by atoms with van der Waals surface area (Å²) >= 11 is 3.46. The molecule has 0 saturated carbocycles. The number of carbonyl (C=O) groups is 1. The van der Waals surface area contributed by atoms with E-state index in [9.17, 15) is 4.79 Å². The lowest BCUT2D eigenvalue weighted by Gasteiger charge is -2.22. The third-order valence-corrected chi connectivity index (χ3v) is 6.64. The molecule has 1 aliphatic heterocycles. The smallest absolute Gasteiger partial charge is 0.263 e. The number of nitrogens with zero attached hydrogens (tertiary/aromatic N) is 1. The van der Waals surface area contributed by atoms with Gasteiger partial charge in [0.2, 0.25) is 0 Å². The molecule has 6 rings (SSSR count). The minimum Gasteiger partial charge on any atom is -0.457 e. The molecule has 5 aromatic rings. The van der Waals surface area contributed by atoms with Gasteiger partial charge in [-0.2, -0.15) is 0 Å². The summed E-state index contributed by atoms with van der Waals surface area (Å²) in [7, 11) is 0. The molecule has 4 heteroatoms. The number of rotatable bonds is 4. The van der Waals surface area contributed by atoms with Gasteiger partial charge in [0.05, 0.1) is 11.4 Å². The maximum Gasteiger partial charge on any atom is 0.263 e. The quantitative estimate of drug-likeness (QED) is 0.224. The third kappa shape index (κ3) is 4.02. The van der Waals surface area contributed by atoms with Crippen molar-refractivity contribution in [2.24, 2.45) is 0 Å². The average Bonchev–Trinajstić information content (AvgIpc) is 3.49. The average molecular weight is 518 g/mol. The summed E-state index contributed by atoms with van der Waals surface area (Å²) < 4.78 is 7.09. The zero-order valence-electron chi connectivity index (χ0n) is 18.7. The Bertz CT molecular complexity index is 1610. The molecule has 0 radical (unpaired) electrons. The van der Waals surface area contributed by atoms with Crippen LogP contribution in [0.15, 0.2) is 130 Å². The van der Waals surface area contributed by atoms with Crippen molar-refractivity contribution in [2.75, 3.05) is 4.90 Å². The monoisotopic (exact) mass is 517 g/mol. The largest absolute Gasteiger partial charge is 0.457 e. The molecule has 1 aromatic heterocycles. The Labute approximate surface area is 211 Å². The van der Waals surface area contributed by atoms with Crippen molar-refractivity contribution in [3.63, 3.8) is 0 Å². The second-order valence-electron chi connectivity index (χ2n) is 8.34. The highest BCUT2D eigenvalue weighted by molar-refractivity contribution is 9.10. The summed E-state index contributed by atoms with van der Waals surface area (Å²) in [6, 6.07) is 36.0. The number of hydrogen-bond donors (Lipinski definition) is 0. The van der Waals surface area contributed by atoms with Crippen molar-refractivity contribution in [3.8, 4) is 11.3 Å². The van der Waals surface area contributed by atoms with Gasteiger partial charge in [0, 0.05) is 21.0 Å². The number of hydrogen-bond acceptors (Lipinski definition) is 2. The van der Waals surface area contributed by atoms with Crippen LogP contribution in [-0.4, -0.2) is 5.91 Å². The van der Waals surface area contributed by atoms with Gasteiger partial charge in [0.1, 0.15) is 11.5 Å². The summed E-state index contributed by atoms with van der Waals surface area (Å²) in [4.78, 5) is 15.6. The summed E-state index contributed by atoms with van der Waals surface area (Å²) in [6.07, 6.45) is 3.76. The SMILES string of the molecule is O=C1/C(=C/c2ccc(-c3ccc(Br)cc3)o2)C=C(c2ccccc2)N1c1cccc2ccccc12. The lowest BCUT2D eigenvalue weighted by Crippen LogP contribution is -2.25. The van der Waals surface area contributed by atoms with Crippen molar-refractivity contribution in [1.29, 1.82) is 0 Å². The van der Waals surface area contributed by atoms with Crippen LogP contribution >= 0.6 is 15.9 Å². The molecule has 0 fully saturated rings. The van der Waals surface area contributed by atoms with E-state index < -0.39 is 0 Å². The lowest BCUT2D eigenvalue weighted by atomic mass is 10.1. The Morgan fingerprint density at radius 3 is 2.29 bits per heavy atom. The van der Waals surface area contributed by atoms with Crippen LogP contribution in [0.4, 0.5) is 5.69 Å². The van der Waals surface area contributed by atoms with E-state index in [1.807, 2.05) is 108 Å². The van der Waals surface area contributed by atoms with Gasteiger partial charge in [-0.1, -0.05) is 94.8 Å². The highest BCUT2D eigenvalue weighted by Crippen LogP contribution is 2.39. The maximum absolute atomic E-state index is 13.8. The van der Waals surface area contributed by atoms with Crippen molar-refractivity contribution >= 4 is 50.1 Å². The number of furan rings is 1. The van der Waals surface area contributed by atoms with E-state index in [-0.39, 0.29) is 5.91 Å². The van der Waals surface area contributed by atoms with E-state index in [0.717, 1.165) is 43.5 Å². The van der Waals surface area contributed by atoms with E-state index in [1.165, 1.54) is 0 Å². The summed E-state index contributed by atoms with van der Waals surface area (Å²) in [5.41, 5.74) is 4.24. The predicted molar refractivity (Wildman–Crippen MR) is 146 cm³/mol. The topological polar surface area (TPSA) is 33.5 Å². The molecule has 4 aromatic carbocycles. The Hall–Kier alpha value is -4.15. The van der Waals surface area contributed by atoms with E-state index >= 15 is 0 Å². The van der Waals surface area contributed by atoms with Gasteiger partial charge in [-0.25, -0.2) is 0 Å². The minimum atomic E-state index is -0.0817. The molecule has 0 saturated heterocycles. The van der Waals surface area contributed by atoms with Crippen LogP contribution in [0.1, 0.15) is 11.3 Å². The molecule has 3 nitrogen and oxygen atoms in total. The van der Waals surface area contributed by atoms with Gasteiger partial charge < -0.3 is 4.42 Å². The highest BCUT2D eigenvalue weighted by Gasteiger charge is 2.31. The van der Waals surface area contributed by atoms with Gasteiger partial charge in [-0.3, -0.25) is 9.69 Å². The molecule has 0 aliphatic carbocycles. The first-order chi connectivity index (χ1) is 17.2. The summed E-state index contributed by atoms with van der Waals surface area (Å²) in [5.74, 6) is 1.31. The molecule has 0 atom stereocenters. The number of amides is 1. The van der Waals surface area contributed by atoms with E-state index in [0.29, 0.717) is 11.3 Å². The van der Waals surface area contributed by atoms with E-state index in [4.69, 9.17) is 4.42 Å². The first-order valence-corrected chi connectivity index (χ1v) is 12.1. The number of anilines is 1. The molecule has 35 heavy (non-hydrogen) atoms. The predicted octanol–water partition coefficient (Wildman–Crippen LogP) is 8.33. The van der Waals surface area contributed by atoms with Crippen LogP contribution in [0.5, 0.6) is 0 Å².